The van der Waals surface area contributed by atoms with E-state index in [1.54, 1.807) is 12.4 Å². The molecule has 0 radical (unpaired) electrons. The van der Waals surface area contributed by atoms with Crippen molar-refractivity contribution >= 4 is 0 Å². The molecule has 1 atom stereocenters. The lowest BCUT2D eigenvalue weighted by Crippen LogP contribution is -2.28. The zero-order valence-electron chi connectivity index (χ0n) is 6.70. The van der Waals surface area contributed by atoms with Crippen molar-refractivity contribution in [2.75, 3.05) is 13.1 Å². The van der Waals surface area contributed by atoms with Gasteiger partial charge in [0.2, 0.25) is 0 Å². The molecule has 2 rings (SSSR count). The minimum absolute atomic E-state index is 0.598. The first-order valence-electron chi connectivity index (χ1n) is 4.00. The van der Waals surface area contributed by atoms with E-state index in [4.69, 9.17) is 0 Å². The molecule has 4 nitrogen and oxygen atoms in total. The van der Waals surface area contributed by atoms with Gasteiger partial charge in [-0.25, -0.2) is 9.97 Å². The first-order chi connectivity index (χ1) is 5.81. The number of rotatable bonds is 1. The van der Waals surface area contributed by atoms with Gasteiger partial charge in [0, 0.05) is 24.5 Å². The Labute approximate surface area is 70.7 Å². The van der Waals surface area contributed by atoms with Crippen LogP contribution in [0.15, 0.2) is 18.7 Å². The molecule has 0 saturated carbocycles. The molecule has 2 N–H and O–H groups in total. The number of nitrogens with one attached hydrogen (secondary N) is 1. The first-order valence-corrected chi connectivity index (χ1v) is 4.00. The van der Waals surface area contributed by atoms with Crippen LogP contribution in [0.4, 0.5) is 0 Å². The van der Waals surface area contributed by atoms with Crippen LogP contribution < -0.4 is 5.32 Å². The maximum atomic E-state index is 10.0. The average Bonchev–Trinajstić information content (AvgIpc) is 2.55. The number of aromatic nitrogens is 2. The van der Waals surface area contributed by atoms with E-state index < -0.39 is 5.60 Å². The molecule has 1 saturated heterocycles. The van der Waals surface area contributed by atoms with Crippen molar-refractivity contribution in [1.82, 2.24) is 15.3 Å². The Balaban J connectivity index is 2.29. The standard InChI is InChI=1S/C8H11N3O/c12-8(1-2-9-5-8)7-3-10-6-11-4-7/h3-4,6,9,12H,1-2,5H2. The topological polar surface area (TPSA) is 58.0 Å². The summed E-state index contributed by atoms with van der Waals surface area (Å²) in [5.74, 6) is 0. The molecule has 1 aromatic heterocycles. The van der Waals surface area contributed by atoms with Crippen LogP contribution in [0.3, 0.4) is 0 Å². The fourth-order valence-electron chi connectivity index (χ4n) is 1.46. The second kappa shape index (κ2) is 2.80. The Hall–Kier alpha value is -1.00. The zero-order chi connectivity index (χ0) is 8.44. The SMILES string of the molecule is OC1(c2cncnc2)CCNC1. The van der Waals surface area contributed by atoms with Gasteiger partial charge in [-0.15, -0.1) is 0 Å². The fourth-order valence-corrected chi connectivity index (χ4v) is 1.46. The van der Waals surface area contributed by atoms with Gasteiger partial charge >= 0.3 is 0 Å². The lowest BCUT2D eigenvalue weighted by molar-refractivity contribution is 0.0580. The van der Waals surface area contributed by atoms with E-state index in [1.807, 2.05) is 0 Å². The van der Waals surface area contributed by atoms with E-state index >= 15 is 0 Å². The van der Waals surface area contributed by atoms with E-state index in [2.05, 4.69) is 15.3 Å². The summed E-state index contributed by atoms with van der Waals surface area (Å²) in [6.07, 6.45) is 5.54. The summed E-state index contributed by atoms with van der Waals surface area (Å²) < 4.78 is 0. The maximum Gasteiger partial charge on any atom is 0.115 e. The van der Waals surface area contributed by atoms with Crippen LogP contribution in [0.2, 0.25) is 0 Å². The molecule has 0 bridgehead atoms. The molecule has 1 aromatic rings. The van der Waals surface area contributed by atoms with Gasteiger partial charge in [-0.1, -0.05) is 0 Å². The molecule has 1 fully saturated rings. The monoisotopic (exact) mass is 165 g/mol. The van der Waals surface area contributed by atoms with Crippen LogP contribution in [0.25, 0.3) is 0 Å². The zero-order valence-corrected chi connectivity index (χ0v) is 6.70. The van der Waals surface area contributed by atoms with Crippen molar-refractivity contribution in [3.63, 3.8) is 0 Å². The van der Waals surface area contributed by atoms with Gasteiger partial charge < -0.3 is 10.4 Å². The van der Waals surface area contributed by atoms with Gasteiger partial charge in [0.05, 0.1) is 0 Å². The largest absolute Gasteiger partial charge is 0.384 e. The molecule has 0 spiro atoms. The van der Waals surface area contributed by atoms with Crippen molar-refractivity contribution in [2.45, 2.75) is 12.0 Å². The van der Waals surface area contributed by atoms with Crippen LogP contribution in [0.5, 0.6) is 0 Å². The maximum absolute atomic E-state index is 10.0. The Morgan fingerprint density at radius 1 is 1.42 bits per heavy atom. The molecule has 1 aliphatic rings. The summed E-state index contributed by atoms with van der Waals surface area (Å²) >= 11 is 0. The molecule has 2 heterocycles. The lowest BCUT2D eigenvalue weighted by Gasteiger charge is -2.20. The molecule has 1 unspecified atom stereocenters. The number of aliphatic hydroxyl groups is 1. The highest BCUT2D eigenvalue weighted by Gasteiger charge is 2.33. The molecule has 64 valence electrons. The van der Waals surface area contributed by atoms with Gasteiger partial charge in [-0.05, 0) is 13.0 Å². The van der Waals surface area contributed by atoms with Gasteiger partial charge in [0.15, 0.2) is 0 Å². The van der Waals surface area contributed by atoms with E-state index in [-0.39, 0.29) is 0 Å². The normalized spacial score (nSPS) is 29.1. The number of β-amino-alcohol motifs (C(OH)–C–C–N with tert-alkyl or cyclic N) is 1. The van der Waals surface area contributed by atoms with Crippen molar-refractivity contribution in [3.8, 4) is 0 Å². The number of hydrogen-bond donors (Lipinski definition) is 2. The summed E-state index contributed by atoms with van der Waals surface area (Å²) in [7, 11) is 0. The fraction of sp³-hybridized carbons (Fsp3) is 0.500. The molecule has 12 heavy (non-hydrogen) atoms. The van der Waals surface area contributed by atoms with Gasteiger partial charge in [-0.2, -0.15) is 0 Å². The Morgan fingerprint density at radius 2 is 2.17 bits per heavy atom. The average molecular weight is 165 g/mol. The second-order valence-electron chi connectivity index (χ2n) is 3.09. The Bertz CT molecular complexity index is 256. The summed E-state index contributed by atoms with van der Waals surface area (Å²) in [5, 5.41) is 13.1. The van der Waals surface area contributed by atoms with E-state index in [0.717, 1.165) is 18.5 Å². The highest BCUT2D eigenvalue weighted by atomic mass is 16.3. The lowest BCUT2D eigenvalue weighted by atomic mass is 9.96. The van der Waals surface area contributed by atoms with Gasteiger partial charge in [0.25, 0.3) is 0 Å². The first kappa shape index (κ1) is 7.64. The minimum Gasteiger partial charge on any atom is -0.384 e. The third-order valence-electron chi connectivity index (χ3n) is 2.23. The minimum atomic E-state index is -0.749. The smallest absolute Gasteiger partial charge is 0.115 e. The van der Waals surface area contributed by atoms with Crippen LogP contribution in [0, 0.1) is 0 Å². The Kier molecular flexibility index (Phi) is 1.78. The second-order valence-corrected chi connectivity index (χ2v) is 3.09. The third-order valence-corrected chi connectivity index (χ3v) is 2.23. The molecule has 0 aromatic carbocycles. The van der Waals surface area contributed by atoms with Crippen molar-refractivity contribution < 1.29 is 5.11 Å². The summed E-state index contributed by atoms with van der Waals surface area (Å²) in [6.45, 7) is 1.45. The van der Waals surface area contributed by atoms with Crippen LogP contribution in [-0.4, -0.2) is 28.2 Å². The molecule has 1 aliphatic heterocycles. The predicted octanol–water partition coefficient (Wildman–Crippen LogP) is -0.343. The molecule has 0 aliphatic carbocycles. The highest BCUT2D eigenvalue weighted by molar-refractivity contribution is 5.16. The predicted molar refractivity (Wildman–Crippen MR) is 43.4 cm³/mol. The Morgan fingerprint density at radius 3 is 2.75 bits per heavy atom. The third kappa shape index (κ3) is 1.19. The molecule has 4 heteroatoms. The van der Waals surface area contributed by atoms with Gasteiger partial charge in [-0.3, -0.25) is 0 Å². The van der Waals surface area contributed by atoms with Crippen LogP contribution in [0.1, 0.15) is 12.0 Å². The summed E-state index contributed by atoms with van der Waals surface area (Å²) in [4.78, 5) is 7.75. The quantitative estimate of drug-likeness (QED) is 0.597. The summed E-state index contributed by atoms with van der Waals surface area (Å²) in [5.41, 5.74) is 0.0522. The number of hydrogen-bond acceptors (Lipinski definition) is 4. The van der Waals surface area contributed by atoms with Crippen LogP contribution >= 0.6 is 0 Å². The summed E-state index contributed by atoms with van der Waals surface area (Å²) in [6, 6.07) is 0. The van der Waals surface area contributed by atoms with Gasteiger partial charge in [0.1, 0.15) is 11.9 Å². The van der Waals surface area contributed by atoms with Crippen molar-refractivity contribution in [3.05, 3.63) is 24.3 Å². The van der Waals surface area contributed by atoms with E-state index in [1.165, 1.54) is 6.33 Å². The van der Waals surface area contributed by atoms with E-state index in [9.17, 15) is 5.11 Å². The highest BCUT2D eigenvalue weighted by Crippen LogP contribution is 2.25. The van der Waals surface area contributed by atoms with Crippen molar-refractivity contribution in [2.24, 2.45) is 0 Å². The molecular formula is C8H11N3O. The van der Waals surface area contributed by atoms with Crippen LogP contribution in [-0.2, 0) is 5.60 Å². The number of nitrogens with zero attached hydrogens (tertiary/aromatic N) is 2. The molecule has 0 amide bonds. The van der Waals surface area contributed by atoms with Crippen molar-refractivity contribution in [1.29, 1.82) is 0 Å². The van der Waals surface area contributed by atoms with E-state index in [0.29, 0.717) is 6.54 Å². The molecular weight excluding hydrogens is 154 g/mol.